The van der Waals surface area contributed by atoms with Gasteiger partial charge in [0, 0.05) is 28.5 Å². The van der Waals surface area contributed by atoms with Gasteiger partial charge in [-0.15, -0.1) is 0 Å². The summed E-state index contributed by atoms with van der Waals surface area (Å²) in [7, 11) is 0. The first-order chi connectivity index (χ1) is 11.2. The molecular weight excluding hydrogens is 363 g/mol. The SMILES string of the molecule is Fc1cc(Br)ccc1COc1cccc(Oc2ncccn2)c1. The Morgan fingerprint density at radius 2 is 1.74 bits per heavy atom. The number of ether oxygens (including phenoxy) is 2. The molecule has 0 radical (unpaired) electrons. The summed E-state index contributed by atoms with van der Waals surface area (Å²) in [5.41, 5.74) is 0.478. The Kier molecular flexibility index (Phi) is 4.83. The van der Waals surface area contributed by atoms with Crippen LogP contribution in [0.2, 0.25) is 0 Å². The lowest BCUT2D eigenvalue weighted by atomic mass is 10.2. The van der Waals surface area contributed by atoms with Crippen molar-refractivity contribution in [3.05, 3.63) is 76.8 Å². The van der Waals surface area contributed by atoms with Crippen LogP contribution in [-0.2, 0) is 6.61 Å². The zero-order chi connectivity index (χ0) is 16.1. The summed E-state index contributed by atoms with van der Waals surface area (Å²) in [5, 5.41) is 0. The summed E-state index contributed by atoms with van der Waals surface area (Å²) in [5.74, 6) is 0.801. The fourth-order valence-corrected chi connectivity index (χ4v) is 2.20. The summed E-state index contributed by atoms with van der Waals surface area (Å²) in [6.45, 7) is 0.129. The van der Waals surface area contributed by atoms with Gasteiger partial charge in [0.2, 0.25) is 0 Å². The molecule has 0 saturated heterocycles. The van der Waals surface area contributed by atoms with Crippen LogP contribution in [0.15, 0.2) is 65.4 Å². The summed E-state index contributed by atoms with van der Waals surface area (Å²) < 4.78 is 25.6. The lowest BCUT2D eigenvalue weighted by molar-refractivity contribution is 0.298. The molecule has 0 atom stereocenters. The van der Waals surface area contributed by atoms with E-state index in [1.165, 1.54) is 6.07 Å². The van der Waals surface area contributed by atoms with Crippen LogP contribution in [0, 0.1) is 5.82 Å². The molecule has 0 amide bonds. The molecule has 0 saturated carbocycles. The summed E-state index contributed by atoms with van der Waals surface area (Å²) >= 11 is 3.22. The van der Waals surface area contributed by atoms with Crippen LogP contribution < -0.4 is 9.47 Å². The number of benzene rings is 2. The topological polar surface area (TPSA) is 44.2 Å². The largest absolute Gasteiger partial charge is 0.489 e. The predicted molar refractivity (Wildman–Crippen MR) is 87.0 cm³/mol. The van der Waals surface area contributed by atoms with Crippen molar-refractivity contribution in [2.24, 2.45) is 0 Å². The molecule has 2 aromatic carbocycles. The highest BCUT2D eigenvalue weighted by atomic mass is 79.9. The monoisotopic (exact) mass is 374 g/mol. The number of hydrogen-bond donors (Lipinski definition) is 0. The van der Waals surface area contributed by atoms with Crippen LogP contribution in [0.25, 0.3) is 0 Å². The standard InChI is InChI=1S/C17H12BrFN2O2/c18-13-6-5-12(16(19)9-13)11-22-14-3-1-4-15(10-14)23-17-20-7-2-8-21-17/h1-10H,11H2. The number of aromatic nitrogens is 2. The number of nitrogens with zero attached hydrogens (tertiary/aromatic N) is 2. The zero-order valence-electron chi connectivity index (χ0n) is 11.9. The first kappa shape index (κ1) is 15.4. The lowest BCUT2D eigenvalue weighted by Crippen LogP contribution is -1.98. The molecule has 0 fully saturated rings. The van der Waals surface area contributed by atoms with Crippen molar-refractivity contribution in [3.8, 4) is 17.5 Å². The molecule has 116 valence electrons. The van der Waals surface area contributed by atoms with Crippen molar-refractivity contribution >= 4 is 15.9 Å². The van der Waals surface area contributed by atoms with Gasteiger partial charge in [-0.25, -0.2) is 14.4 Å². The maximum atomic E-state index is 13.8. The molecule has 1 aromatic heterocycles. The second-order valence-corrected chi connectivity index (χ2v) is 5.55. The predicted octanol–water partition coefficient (Wildman–Crippen LogP) is 4.75. The summed E-state index contributed by atoms with van der Waals surface area (Å²) in [6.07, 6.45) is 3.19. The van der Waals surface area contributed by atoms with Crippen LogP contribution in [0.1, 0.15) is 5.56 Å². The van der Waals surface area contributed by atoms with Gasteiger partial charge in [-0.1, -0.05) is 28.1 Å². The third-order valence-corrected chi connectivity index (χ3v) is 3.46. The van der Waals surface area contributed by atoms with Crippen LogP contribution in [0.5, 0.6) is 17.5 Å². The van der Waals surface area contributed by atoms with Crippen molar-refractivity contribution in [3.63, 3.8) is 0 Å². The first-order valence-corrected chi connectivity index (χ1v) is 7.62. The van der Waals surface area contributed by atoms with E-state index in [0.717, 1.165) is 0 Å². The maximum absolute atomic E-state index is 13.8. The van der Waals surface area contributed by atoms with Crippen molar-refractivity contribution < 1.29 is 13.9 Å². The minimum Gasteiger partial charge on any atom is -0.489 e. The van der Waals surface area contributed by atoms with Crippen molar-refractivity contribution in [2.75, 3.05) is 0 Å². The van der Waals surface area contributed by atoms with E-state index in [-0.39, 0.29) is 18.4 Å². The number of halogens is 2. The second kappa shape index (κ2) is 7.19. The van der Waals surface area contributed by atoms with Crippen LogP contribution in [-0.4, -0.2) is 9.97 Å². The van der Waals surface area contributed by atoms with E-state index in [2.05, 4.69) is 25.9 Å². The van der Waals surface area contributed by atoms with Crippen molar-refractivity contribution in [1.82, 2.24) is 9.97 Å². The molecule has 0 bridgehead atoms. The molecule has 3 aromatic rings. The van der Waals surface area contributed by atoms with Crippen LogP contribution >= 0.6 is 15.9 Å². The Morgan fingerprint density at radius 3 is 2.52 bits per heavy atom. The van der Waals surface area contributed by atoms with E-state index < -0.39 is 0 Å². The minimum atomic E-state index is -0.315. The van der Waals surface area contributed by atoms with E-state index in [9.17, 15) is 4.39 Å². The highest BCUT2D eigenvalue weighted by Gasteiger charge is 2.05. The highest BCUT2D eigenvalue weighted by molar-refractivity contribution is 9.10. The van der Waals surface area contributed by atoms with Crippen LogP contribution in [0.4, 0.5) is 4.39 Å². The van der Waals surface area contributed by atoms with Gasteiger partial charge in [0.05, 0.1) is 0 Å². The smallest absolute Gasteiger partial charge is 0.321 e. The molecule has 0 aliphatic carbocycles. The Morgan fingerprint density at radius 1 is 0.957 bits per heavy atom. The third-order valence-electron chi connectivity index (χ3n) is 2.97. The van der Waals surface area contributed by atoms with E-state index in [4.69, 9.17) is 9.47 Å². The Labute approximate surface area is 141 Å². The molecule has 1 heterocycles. The first-order valence-electron chi connectivity index (χ1n) is 6.82. The normalized spacial score (nSPS) is 10.3. The third kappa shape index (κ3) is 4.26. The molecule has 4 nitrogen and oxygen atoms in total. The van der Waals surface area contributed by atoms with Gasteiger partial charge >= 0.3 is 6.01 Å². The van der Waals surface area contributed by atoms with Gasteiger partial charge < -0.3 is 9.47 Å². The van der Waals surface area contributed by atoms with E-state index >= 15 is 0 Å². The molecule has 3 rings (SSSR count). The molecule has 6 heteroatoms. The number of rotatable bonds is 5. The quantitative estimate of drug-likeness (QED) is 0.646. The van der Waals surface area contributed by atoms with Gasteiger partial charge in [0.25, 0.3) is 0 Å². The van der Waals surface area contributed by atoms with Gasteiger partial charge in [-0.2, -0.15) is 0 Å². The molecule has 0 spiro atoms. The summed E-state index contributed by atoms with van der Waals surface area (Å²) in [4.78, 5) is 7.98. The molecular formula is C17H12BrFN2O2. The fraction of sp³-hybridized carbons (Fsp3) is 0.0588. The second-order valence-electron chi connectivity index (χ2n) is 4.63. The Bertz CT molecular complexity index is 800. The molecule has 0 aliphatic rings. The summed E-state index contributed by atoms with van der Waals surface area (Å²) in [6, 6.07) is 13.8. The number of hydrogen-bond acceptors (Lipinski definition) is 4. The minimum absolute atomic E-state index is 0.129. The van der Waals surface area contributed by atoms with Gasteiger partial charge in [-0.3, -0.25) is 0 Å². The van der Waals surface area contributed by atoms with Crippen LogP contribution in [0.3, 0.4) is 0 Å². The zero-order valence-corrected chi connectivity index (χ0v) is 13.5. The van der Waals surface area contributed by atoms with Gasteiger partial charge in [0.15, 0.2) is 0 Å². The molecule has 0 aliphatic heterocycles. The van der Waals surface area contributed by atoms with Gasteiger partial charge in [0.1, 0.15) is 23.9 Å². The van der Waals surface area contributed by atoms with Crippen molar-refractivity contribution in [1.29, 1.82) is 0 Å². The maximum Gasteiger partial charge on any atom is 0.321 e. The average Bonchev–Trinajstić information content (AvgIpc) is 2.55. The van der Waals surface area contributed by atoms with E-state index in [1.807, 2.05) is 0 Å². The Hall–Kier alpha value is -2.47. The highest BCUT2D eigenvalue weighted by Crippen LogP contribution is 2.24. The fourth-order valence-electron chi connectivity index (χ4n) is 1.87. The lowest BCUT2D eigenvalue weighted by Gasteiger charge is -2.09. The van der Waals surface area contributed by atoms with Crippen molar-refractivity contribution in [2.45, 2.75) is 6.61 Å². The van der Waals surface area contributed by atoms with E-state index in [1.54, 1.807) is 54.9 Å². The molecule has 0 unspecified atom stereocenters. The Balaban J connectivity index is 1.68. The average molecular weight is 375 g/mol. The van der Waals surface area contributed by atoms with E-state index in [0.29, 0.717) is 21.5 Å². The van der Waals surface area contributed by atoms with Gasteiger partial charge in [-0.05, 0) is 30.3 Å². The molecule has 23 heavy (non-hydrogen) atoms. The molecule has 0 N–H and O–H groups in total.